The maximum atomic E-state index is 14.3. The minimum absolute atomic E-state index is 0.109. The second-order valence-corrected chi connectivity index (χ2v) is 7.87. The molecule has 5 nitrogen and oxygen atoms in total. The van der Waals surface area contributed by atoms with Gasteiger partial charge < -0.3 is 10.6 Å². The van der Waals surface area contributed by atoms with Gasteiger partial charge in [0.15, 0.2) is 0 Å². The number of benzene rings is 2. The first kappa shape index (κ1) is 18.8. The van der Waals surface area contributed by atoms with Gasteiger partial charge in [-0.3, -0.25) is 4.79 Å². The van der Waals surface area contributed by atoms with E-state index in [9.17, 15) is 9.18 Å². The van der Waals surface area contributed by atoms with E-state index in [1.807, 2.05) is 13.1 Å². The molecule has 6 heteroatoms. The van der Waals surface area contributed by atoms with Gasteiger partial charge in [0.2, 0.25) is 0 Å². The summed E-state index contributed by atoms with van der Waals surface area (Å²) in [6, 6.07) is 11.0. The number of nitrogens with zero attached hydrogens (tertiary/aromatic N) is 1. The molecule has 0 amide bonds. The summed E-state index contributed by atoms with van der Waals surface area (Å²) in [5, 5.41) is 14.8. The van der Waals surface area contributed by atoms with Gasteiger partial charge in [0.25, 0.3) is 5.56 Å². The molecule has 0 saturated heterocycles. The topological polar surface area (TPSA) is 69.8 Å². The van der Waals surface area contributed by atoms with Gasteiger partial charge in [0, 0.05) is 17.6 Å². The van der Waals surface area contributed by atoms with Crippen LogP contribution in [0.3, 0.4) is 0 Å². The molecule has 0 fully saturated rings. The van der Waals surface area contributed by atoms with Gasteiger partial charge in [0.05, 0.1) is 23.0 Å². The molecule has 2 unspecified atom stereocenters. The first-order valence-electron chi connectivity index (χ1n) is 10.2. The number of allylic oxidation sites excluding steroid dienone is 2. The Bertz CT molecular complexity index is 1240. The van der Waals surface area contributed by atoms with E-state index in [0.29, 0.717) is 16.5 Å². The van der Waals surface area contributed by atoms with E-state index in [1.165, 1.54) is 17.7 Å². The summed E-state index contributed by atoms with van der Waals surface area (Å²) in [5.41, 5.74) is 4.44. The van der Waals surface area contributed by atoms with E-state index in [4.69, 9.17) is 0 Å². The monoisotopic (exact) mass is 402 g/mol. The fourth-order valence-corrected chi connectivity index (χ4v) is 4.63. The molecule has 2 aliphatic rings. The van der Waals surface area contributed by atoms with Crippen molar-refractivity contribution in [3.05, 3.63) is 93.2 Å². The van der Waals surface area contributed by atoms with Crippen LogP contribution in [0, 0.1) is 5.82 Å². The number of aromatic nitrogens is 2. The molecular formula is C24H23FN4O. The van der Waals surface area contributed by atoms with Gasteiger partial charge in [-0.15, -0.1) is 0 Å². The molecule has 2 heterocycles. The highest BCUT2D eigenvalue weighted by Gasteiger charge is 2.35. The molecule has 3 aromatic rings. The summed E-state index contributed by atoms with van der Waals surface area (Å²) in [7, 11) is 1.92. The van der Waals surface area contributed by atoms with Crippen LogP contribution in [0.25, 0.3) is 10.8 Å². The SMILES string of the molecule is CNCc1cccc(C2c3n[nH]c(=O)c4cc(F)cc(c34)NC2C2=CCCC=C2)c1. The molecular weight excluding hydrogens is 379 g/mol. The molecule has 0 bridgehead atoms. The van der Waals surface area contributed by atoms with E-state index in [2.05, 4.69) is 57.3 Å². The van der Waals surface area contributed by atoms with Crippen LogP contribution < -0.4 is 16.2 Å². The molecule has 2 aromatic carbocycles. The standard InChI is InChI=1S/C24H23FN4O/c1-26-13-14-6-5-9-16(10-14)20-22(15-7-3-2-4-8-15)27-19-12-17(25)11-18-21(19)23(20)28-29-24(18)30/h3,5-12,20,22,26-27H,2,4,13H2,1H3,(H,29,30). The number of nitrogens with one attached hydrogen (secondary N) is 3. The Balaban J connectivity index is 1.76. The van der Waals surface area contributed by atoms with Crippen LogP contribution in [-0.2, 0) is 6.54 Å². The highest BCUT2D eigenvalue weighted by atomic mass is 19.1. The van der Waals surface area contributed by atoms with Crippen LogP contribution in [0.1, 0.15) is 35.6 Å². The molecule has 1 aliphatic carbocycles. The third-order valence-electron chi connectivity index (χ3n) is 5.89. The highest BCUT2D eigenvalue weighted by Crippen LogP contribution is 2.43. The summed E-state index contributed by atoms with van der Waals surface area (Å²) in [6.07, 6.45) is 8.53. The number of aromatic amines is 1. The summed E-state index contributed by atoms with van der Waals surface area (Å²) in [6.45, 7) is 0.761. The average molecular weight is 402 g/mol. The van der Waals surface area contributed by atoms with Gasteiger partial charge in [-0.05, 0) is 48.7 Å². The third kappa shape index (κ3) is 3.13. The predicted molar refractivity (Wildman–Crippen MR) is 117 cm³/mol. The van der Waals surface area contributed by atoms with E-state index in [0.717, 1.165) is 36.2 Å². The maximum absolute atomic E-state index is 14.3. The van der Waals surface area contributed by atoms with Crippen molar-refractivity contribution in [2.24, 2.45) is 0 Å². The zero-order valence-electron chi connectivity index (χ0n) is 16.7. The molecule has 1 aliphatic heterocycles. The van der Waals surface area contributed by atoms with Crippen LogP contribution in [-0.4, -0.2) is 23.3 Å². The molecule has 0 saturated carbocycles. The molecule has 0 spiro atoms. The smallest absolute Gasteiger partial charge is 0.272 e. The lowest BCUT2D eigenvalue weighted by molar-refractivity contribution is 0.625. The van der Waals surface area contributed by atoms with Crippen molar-refractivity contribution in [2.45, 2.75) is 31.3 Å². The highest BCUT2D eigenvalue weighted by molar-refractivity contribution is 5.97. The van der Waals surface area contributed by atoms with Crippen molar-refractivity contribution >= 4 is 16.5 Å². The van der Waals surface area contributed by atoms with Crippen molar-refractivity contribution in [1.82, 2.24) is 15.5 Å². The van der Waals surface area contributed by atoms with E-state index >= 15 is 0 Å². The van der Waals surface area contributed by atoms with E-state index in [-0.39, 0.29) is 17.5 Å². The van der Waals surface area contributed by atoms with Crippen LogP contribution in [0.15, 0.2) is 65.0 Å². The van der Waals surface area contributed by atoms with Crippen molar-refractivity contribution in [1.29, 1.82) is 0 Å². The normalized spacial score (nSPS) is 20.1. The summed E-state index contributed by atoms with van der Waals surface area (Å²) in [4.78, 5) is 12.4. The fraction of sp³-hybridized carbons (Fsp3) is 0.250. The Labute approximate surface area is 173 Å². The van der Waals surface area contributed by atoms with Gasteiger partial charge in [-0.1, -0.05) is 42.5 Å². The minimum Gasteiger partial charge on any atom is -0.377 e. The van der Waals surface area contributed by atoms with Crippen LogP contribution in [0.2, 0.25) is 0 Å². The number of anilines is 1. The summed E-state index contributed by atoms with van der Waals surface area (Å²) in [5.74, 6) is -0.554. The van der Waals surface area contributed by atoms with Gasteiger partial charge >= 0.3 is 0 Å². The van der Waals surface area contributed by atoms with Crippen molar-refractivity contribution in [3.63, 3.8) is 0 Å². The lowest BCUT2D eigenvalue weighted by Gasteiger charge is -2.36. The zero-order chi connectivity index (χ0) is 20.7. The van der Waals surface area contributed by atoms with E-state index < -0.39 is 5.82 Å². The van der Waals surface area contributed by atoms with Crippen molar-refractivity contribution in [2.75, 3.05) is 12.4 Å². The fourth-order valence-electron chi connectivity index (χ4n) is 4.63. The molecule has 3 N–H and O–H groups in total. The lowest BCUT2D eigenvalue weighted by Crippen LogP contribution is -2.35. The summed E-state index contributed by atoms with van der Waals surface area (Å²) < 4.78 is 14.3. The predicted octanol–water partition coefficient (Wildman–Crippen LogP) is 3.98. The molecule has 5 rings (SSSR count). The van der Waals surface area contributed by atoms with Gasteiger partial charge in [-0.25, -0.2) is 9.49 Å². The Hall–Kier alpha value is -3.25. The Morgan fingerprint density at radius 2 is 2.13 bits per heavy atom. The first-order chi connectivity index (χ1) is 14.7. The minimum atomic E-state index is -0.436. The second-order valence-electron chi connectivity index (χ2n) is 7.87. The number of H-pyrrole nitrogens is 1. The second kappa shape index (κ2) is 7.54. The molecule has 1 aromatic heterocycles. The zero-order valence-corrected chi connectivity index (χ0v) is 16.7. The van der Waals surface area contributed by atoms with Crippen LogP contribution in [0.4, 0.5) is 10.1 Å². The number of hydrogen-bond acceptors (Lipinski definition) is 4. The van der Waals surface area contributed by atoms with E-state index in [1.54, 1.807) is 0 Å². The molecule has 152 valence electrons. The molecule has 30 heavy (non-hydrogen) atoms. The third-order valence-corrected chi connectivity index (χ3v) is 5.89. The quantitative estimate of drug-likeness (QED) is 0.617. The average Bonchev–Trinajstić information content (AvgIpc) is 2.76. The van der Waals surface area contributed by atoms with Crippen LogP contribution in [0.5, 0.6) is 0 Å². The maximum Gasteiger partial charge on any atom is 0.272 e. The van der Waals surface area contributed by atoms with Crippen molar-refractivity contribution < 1.29 is 4.39 Å². The van der Waals surface area contributed by atoms with Gasteiger partial charge in [0.1, 0.15) is 5.82 Å². The number of halogens is 1. The van der Waals surface area contributed by atoms with Crippen LogP contribution >= 0.6 is 0 Å². The number of rotatable bonds is 4. The first-order valence-corrected chi connectivity index (χ1v) is 10.2. The Morgan fingerprint density at radius 3 is 2.93 bits per heavy atom. The number of hydrogen-bond donors (Lipinski definition) is 3. The largest absolute Gasteiger partial charge is 0.377 e. The molecule has 2 atom stereocenters. The molecule has 0 radical (unpaired) electrons. The van der Waals surface area contributed by atoms with Gasteiger partial charge in [-0.2, -0.15) is 5.10 Å². The Kier molecular flexibility index (Phi) is 4.71. The Morgan fingerprint density at radius 1 is 1.23 bits per heavy atom. The van der Waals surface area contributed by atoms with Crippen molar-refractivity contribution in [3.8, 4) is 0 Å². The lowest BCUT2D eigenvalue weighted by atomic mass is 9.78. The summed E-state index contributed by atoms with van der Waals surface area (Å²) >= 11 is 0.